The maximum atomic E-state index is 8.53. The molecule has 68 valence electrons. The van der Waals surface area contributed by atoms with Gasteiger partial charge in [0.05, 0.1) is 18.2 Å². The summed E-state index contributed by atoms with van der Waals surface area (Å²) in [5, 5.41) is 11.7. The van der Waals surface area contributed by atoms with Crippen LogP contribution >= 0.6 is 15.9 Å². The summed E-state index contributed by atoms with van der Waals surface area (Å²) in [5.74, 6) is 1.47. The molecule has 2 N–H and O–H groups in total. The number of H-pyrrole nitrogens is 1. The lowest BCUT2D eigenvalue weighted by Gasteiger charge is -2.24. The van der Waals surface area contributed by atoms with Crippen LogP contribution < -0.4 is 5.32 Å². The molecule has 1 fully saturated rings. The first-order valence-corrected chi connectivity index (χ1v) is 4.92. The van der Waals surface area contributed by atoms with Crippen molar-refractivity contribution in [1.82, 2.24) is 15.3 Å². The van der Waals surface area contributed by atoms with Gasteiger partial charge in [0.2, 0.25) is 0 Å². The zero-order valence-corrected chi connectivity index (χ0v) is 8.56. The Morgan fingerprint density at radius 1 is 1.62 bits per heavy atom. The van der Waals surface area contributed by atoms with E-state index in [9.17, 15) is 0 Å². The van der Waals surface area contributed by atoms with Crippen LogP contribution in [-0.4, -0.2) is 23.1 Å². The maximum absolute atomic E-state index is 8.53. The van der Waals surface area contributed by atoms with Crippen LogP contribution in [0.2, 0.25) is 0 Å². The van der Waals surface area contributed by atoms with E-state index in [0.29, 0.717) is 12.3 Å². The molecule has 0 aliphatic carbocycles. The van der Waals surface area contributed by atoms with Gasteiger partial charge in [-0.2, -0.15) is 5.26 Å². The van der Waals surface area contributed by atoms with E-state index in [0.717, 1.165) is 29.2 Å². The quantitative estimate of drug-likeness (QED) is 0.809. The first-order chi connectivity index (χ1) is 6.31. The Kier molecular flexibility index (Phi) is 2.34. The minimum Gasteiger partial charge on any atom is -0.344 e. The molecule has 0 spiro atoms. The number of nitrogens with zero attached hydrogens (tertiary/aromatic N) is 2. The van der Waals surface area contributed by atoms with Gasteiger partial charge in [-0.1, -0.05) is 0 Å². The van der Waals surface area contributed by atoms with E-state index in [1.807, 2.05) is 0 Å². The molecule has 1 aromatic rings. The summed E-state index contributed by atoms with van der Waals surface area (Å²) in [4.78, 5) is 7.49. The van der Waals surface area contributed by atoms with Crippen LogP contribution in [0.3, 0.4) is 0 Å². The van der Waals surface area contributed by atoms with Gasteiger partial charge in [0.1, 0.15) is 10.4 Å². The fraction of sp³-hybridized carbons (Fsp3) is 0.500. The third-order valence-electron chi connectivity index (χ3n) is 2.17. The number of nitriles is 1. The number of hydrogen-bond donors (Lipinski definition) is 2. The van der Waals surface area contributed by atoms with E-state index < -0.39 is 0 Å². The Labute approximate surface area is 84.5 Å². The predicted molar refractivity (Wildman–Crippen MR) is 51.2 cm³/mol. The summed E-state index contributed by atoms with van der Waals surface area (Å²) in [7, 11) is 0. The Bertz CT molecular complexity index is 348. The van der Waals surface area contributed by atoms with Crippen molar-refractivity contribution in [1.29, 1.82) is 5.26 Å². The topological polar surface area (TPSA) is 64.5 Å². The van der Waals surface area contributed by atoms with Crippen LogP contribution in [0.1, 0.15) is 17.4 Å². The summed E-state index contributed by atoms with van der Waals surface area (Å²) in [5.41, 5.74) is 0.879. The van der Waals surface area contributed by atoms with Crippen LogP contribution in [0.5, 0.6) is 0 Å². The average Bonchev–Trinajstić information content (AvgIpc) is 2.30. The van der Waals surface area contributed by atoms with Gasteiger partial charge in [0.15, 0.2) is 0 Å². The van der Waals surface area contributed by atoms with Gasteiger partial charge in [-0.25, -0.2) is 4.98 Å². The lowest BCUT2D eigenvalue weighted by Crippen LogP contribution is -2.40. The molecule has 2 rings (SSSR count). The first kappa shape index (κ1) is 8.73. The molecular formula is C8H9BrN4. The Morgan fingerprint density at radius 3 is 2.92 bits per heavy atom. The fourth-order valence-electron chi connectivity index (χ4n) is 1.28. The number of hydrogen-bond acceptors (Lipinski definition) is 3. The highest BCUT2D eigenvalue weighted by molar-refractivity contribution is 9.10. The number of imidazole rings is 1. The largest absolute Gasteiger partial charge is 0.344 e. The molecule has 1 aromatic heterocycles. The van der Waals surface area contributed by atoms with E-state index >= 15 is 0 Å². The van der Waals surface area contributed by atoms with Crippen molar-refractivity contribution in [3.05, 3.63) is 16.1 Å². The standard InChI is InChI=1S/C8H9BrN4/c9-7-6(1-2-10)12-8(13-7)5-3-11-4-5/h5,11H,1,3-4H2,(H,12,13). The molecule has 0 bridgehead atoms. The van der Waals surface area contributed by atoms with Crippen LogP contribution in [-0.2, 0) is 6.42 Å². The molecule has 0 amide bonds. The molecule has 0 radical (unpaired) electrons. The van der Waals surface area contributed by atoms with Gasteiger partial charge in [-0.3, -0.25) is 0 Å². The third-order valence-corrected chi connectivity index (χ3v) is 2.83. The fourth-order valence-corrected chi connectivity index (χ4v) is 1.71. The van der Waals surface area contributed by atoms with E-state index in [1.165, 1.54) is 0 Å². The lowest BCUT2D eigenvalue weighted by molar-refractivity contribution is 0.432. The number of aromatic amines is 1. The van der Waals surface area contributed by atoms with Crippen LogP contribution in [0.25, 0.3) is 0 Å². The van der Waals surface area contributed by atoms with Gasteiger partial charge < -0.3 is 10.3 Å². The van der Waals surface area contributed by atoms with Gasteiger partial charge in [0, 0.05) is 19.0 Å². The van der Waals surface area contributed by atoms with Crippen molar-refractivity contribution < 1.29 is 0 Å². The third kappa shape index (κ3) is 1.60. The minimum atomic E-state index is 0.383. The minimum absolute atomic E-state index is 0.383. The zero-order chi connectivity index (χ0) is 9.26. The summed E-state index contributed by atoms with van der Waals surface area (Å²) in [6, 6.07) is 2.10. The molecule has 5 heteroatoms. The zero-order valence-electron chi connectivity index (χ0n) is 6.97. The Hall–Kier alpha value is -0.860. The van der Waals surface area contributed by atoms with E-state index in [-0.39, 0.29) is 0 Å². The van der Waals surface area contributed by atoms with Crippen LogP contribution in [0.15, 0.2) is 4.60 Å². The summed E-state index contributed by atoms with van der Waals surface area (Å²) in [6.07, 6.45) is 0.383. The second-order valence-electron chi connectivity index (χ2n) is 3.08. The number of nitrogens with one attached hydrogen (secondary N) is 2. The van der Waals surface area contributed by atoms with Gasteiger partial charge in [0.25, 0.3) is 0 Å². The second kappa shape index (κ2) is 3.48. The Balaban J connectivity index is 2.19. The molecule has 1 aliphatic rings. The van der Waals surface area contributed by atoms with Crippen molar-refractivity contribution in [2.75, 3.05) is 13.1 Å². The van der Waals surface area contributed by atoms with Gasteiger partial charge in [-0.15, -0.1) is 0 Å². The number of aromatic nitrogens is 2. The maximum Gasteiger partial charge on any atom is 0.128 e. The monoisotopic (exact) mass is 240 g/mol. The number of halogens is 1. The van der Waals surface area contributed by atoms with Crippen LogP contribution in [0, 0.1) is 11.3 Å². The predicted octanol–water partition coefficient (Wildman–Crippen LogP) is 0.925. The molecule has 0 aromatic carbocycles. The van der Waals surface area contributed by atoms with Crippen molar-refractivity contribution in [3.63, 3.8) is 0 Å². The van der Waals surface area contributed by atoms with E-state index in [2.05, 4.69) is 37.3 Å². The van der Waals surface area contributed by atoms with Crippen molar-refractivity contribution in [3.8, 4) is 6.07 Å². The van der Waals surface area contributed by atoms with E-state index in [4.69, 9.17) is 5.26 Å². The number of rotatable bonds is 2. The smallest absolute Gasteiger partial charge is 0.128 e. The van der Waals surface area contributed by atoms with Crippen LogP contribution in [0.4, 0.5) is 0 Å². The SMILES string of the molecule is N#CCc1[nH]c(C2CNC2)nc1Br. The molecular weight excluding hydrogens is 232 g/mol. The summed E-state index contributed by atoms with van der Waals surface area (Å²) >= 11 is 3.33. The highest BCUT2D eigenvalue weighted by atomic mass is 79.9. The first-order valence-electron chi connectivity index (χ1n) is 4.13. The second-order valence-corrected chi connectivity index (χ2v) is 3.83. The highest BCUT2D eigenvalue weighted by Gasteiger charge is 2.23. The van der Waals surface area contributed by atoms with Gasteiger partial charge >= 0.3 is 0 Å². The summed E-state index contributed by atoms with van der Waals surface area (Å²) < 4.78 is 0.774. The van der Waals surface area contributed by atoms with E-state index in [1.54, 1.807) is 0 Å². The van der Waals surface area contributed by atoms with Crippen molar-refractivity contribution in [2.24, 2.45) is 0 Å². The van der Waals surface area contributed by atoms with Crippen molar-refractivity contribution >= 4 is 15.9 Å². The molecule has 4 nitrogen and oxygen atoms in total. The molecule has 1 saturated heterocycles. The molecule has 2 heterocycles. The molecule has 0 saturated carbocycles. The molecule has 0 unspecified atom stereocenters. The Morgan fingerprint density at radius 2 is 2.38 bits per heavy atom. The average molecular weight is 241 g/mol. The highest BCUT2D eigenvalue weighted by Crippen LogP contribution is 2.21. The molecule has 13 heavy (non-hydrogen) atoms. The normalized spacial score (nSPS) is 16.6. The molecule has 1 aliphatic heterocycles. The molecule has 0 atom stereocenters. The van der Waals surface area contributed by atoms with Gasteiger partial charge in [-0.05, 0) is 15.9 Å². The van der Waals surface area contributed by atoms with Crippen molar-refractivity contribution in [2.45, 2.75) is 12.3 Å². The lowest BCUT2D eigenvalue weighted by atomic mass is 10.0. The summed E-state index contributed by atoms with van der Waals surface area (Å²) in [6.45, 7) is 1.96.